The second kappa shape index (κ2) is 6.61. The van der Waals surface area contributed by atoms with E-state index in [0.29, 0.717) is 0 Å². The van der Waals surface area contributed by atoms with Gasteiger partial charge in [-0.15, -0.1) is 0 Å². The van der Waals surface area contributed by atoms with Gasteiger partial charge in [0.25, 0.3) is 0 Å². The monoisotopic (exact) mass is 290 g/mol. The molecule has 0 saturated carbocycles. The lowest BCUT2D eigenvalue weighted by Crippen LogP contribution is -2.02. The number of carboxylic acid groups (broad SMARTS) is 1. The number of thioether (sulfide) groups is 1. The van der Waals surface area contributed by atoms with Crippen molar-refractivity contribution in [3.05, 3.63) is 41.6 Å². The summed E-state index contributed by atoms with van der Waals surface area (Å²) in [5.74, 6) is -0.771. The van der Waals surface area contributed by atoms with E-state index in [1.165, 1.54) is 11.8 Å². The van der Waals surface area contributed by atoms with Gasteiger partial charge in [-0.3, -0.25) is 4.79 Å². The van der Waals surface area contributed by atoms with Gasteiger partial charge in [0.1, 0.15) is 5.03 Å². The third kappa shape index (κ3) is 3.63. The zero-order valence-electron chi connectivity index (χ0n) is 11.7. The van der Waals surface area contributed by atoms with Crippen LogP contribution in [-0.2, 0) is 11.2 Å². The summed E-state index contributed by atoms with van der Waals surface area (Å²) in [4.78, 5) is 10.8. The van der Waals surface area contributed by atoms with Crippen molar-refractivity contribution in [2.24, 2.45) is 0 Å². The Morgan fingerprint density at radius 1 is 1.40 bits per heavy atom. The predicted octanol–water partition coefficient (Wildman–Crippen LogP) is 3.31. The number of aryl methyl sites for hydroxylation is 2. The molecular formula is C15H18N2O2S. The molecule has 0 spiro atoms. The van der Waals surface area contributed by atoms with Crippen molar-refractivity contribution in [1.29, 1.82) is 0 Å². The Balaban J connectivity index is 2.35. The maximum atomic E-state index is 10.8. The van der Waals surface area contributed by atoms with Crippen molar-refractivity contribution in [1.82, 2.24) is 9.78 Å². The summed E-state index contributed by atoms with van der Waals surface area (Å²) >= 11 is 1.30. The molecule has 0 atom stereocenters. The van der Waals surface area contributed by atoms with Crippen molar-refractivity contribution < 1.29 is 9.90 Å². The number of hydrogen-bond donors (Lipinski definition) is 1. The van der Waals surface area contributed by atoms with E-state index >= 15 is 0 Å². The van der Waals surface area contributed by atoms with Crippen LogP contribution in [0.4, 0.5) is 0 Å². The molecular weight excluding hydrogens is 272 g/mol. The Labute approximate surface area is 122 Å². The van der Waals surface area contributed by atoms with E-state index in [1.807, 2.05) is 41.9 Å². The van der Waals surface area contributed by atoms with E-state index < -0.39 is 5.97 Å². The van der Waals surface area contributed by atoms with Crippen molar-refractivity contribution in [2.45, 2.75) is 31.7 Å². The van der Waals surface area contributed by atoms with Gasteiger partial charge >= 0.3 is 5.97 Å². The van der Waals surface area contributed by atoms with Crippen LogP contribution >= 0.6 is 11.8 Å². The van der Waals surface area contributed by atoms with Gasteiger partial charge < -0.3 is 5.11 Å². The zero-order chi connectivity index (χ0) is 14.5. The fourth-order valence-corrected chi connectivity index (χ4v) is 2.73. The van der Waals surface area contributed by atoms with Gasteiger partial charge in [-0.05, 0) is 37.1 Å². The number of hydrogen-bond acceptors (Lipinski definition) is 3. The molecule has 0 aliphatic rings. The Hall–Kier alpha value is -1.75. The topological polar surface area (TPSA) is 55.1 Å². The molecule has 0 fully saturated rings. The van der Waals surface area contributed by atoms with Crippen LogP contribution in [0.5, 0.6) is 0 Å². The minimum atomic E-state index is -0.816. The van der Waals surface area contributed by atoms with Crippen molar-refractivity contribution in [3.8, 4) is 5.69 Å². The molecule has 0 amide bonds. The lowest BCUT2D eigenvalue weighted by molar-refractivity contribution is -0.133. The Bertz CT molecular complexity index is 608. The minimum Gasteiger partial charge on any atom is -0.481 e. The first-order valence-electron chi connectivity index (χ1n) is 6.60. The number of rotatable bonds is 6. The molecule has 2 aromatic rings. The van der Waals surface area contributed by atoms with E-state index in [4.69, 9.17) is 5.11 Å². The highest BCUT2D eigenvalue weighted by atomic mass is 32.2. The molecule has 0 saturated heterocycles. The Morgan fingerprint density at radius 3 is 2.85 bits per heavy atom. The average molecular weight is 290 g/mol. The lowest BCUT2D eigenvalue weighted by Gasteiger charge is -2.06. The number of aromatic nitrogens is 2. The summed E-state index contributed by atoms with van der Waals surface area (Å²) in [5, 5.41) is 14.3. The number of carbonyl (C=O) groups is 1. The molecule has 1 aromatic carbocycles. The molecule has 106 valence electrons. The molecule has 0 unspecified atom stereocenters. The van der Waals surface area contributed by atoms with Crippen LogP contribution < -0.4 is 0 Å². The first-order valence-corrected chi connectivity index (χ1v) is 7.59. The SMILES string of the molecule is CCCc1cc(SCC(=O)O)n(-c2cccc(C)c2)n1. The lowest BCUT2D eigenvalue weighted by atomic mass is 10.2. The largest absolute Gasteiger partial charge is 0.481 e. The normalized spacial score (nSPS) is 10.7. The molecule has 5 heteroatoms. The van der Waals surface area contributed by atoms with Gasteiger partial charge in [-0.1, -0.05) is 37.2 Å². The van der Waals surface area contributed by atoms with E-state index in [1.54, 1.807) is 0 Å². The van der Waals surface area contributed by atoms with Gasteiger partial charge in [0.05, 0.1) is 17.1 Å². The second-order valence-corrected chi connectivity index (χ2v) is 5.65. The quantitative estimate of drug-likeness (QED) is 0.829. The molecule has 1 N–H and O–H groups in total. The average Bonchev–Trinajstić information content (AvgIpc) is 2.80. The van der Waals surface area contributed by atoms with E-state index in [9.17, 15) is 4.79 Å². The summed E-state index contributed by atoms with van der Waals surface area (Å²) in [5.41, 5.74) is 3.13. The van der Waals surface area contributed by atoms with Crippen molar-refractivity contribution in [2.75, 3.05) is 5.75 Å². The molecule has 0 aliphatic carbocycles. The van der Waals surface area contributed by atoms with E-state index in [-0.39, 0.29) is 5.75 Å². The summed E-state index contributed by atoms with van der Waals surface area (Å²) in [6.07, 6.45) is 1.92. The van der Waals surface area contributed by atoms with Crippen LogP contribution in [0.2, 0.25) is 0 Å². The highest BCUT2D eigenvalue weighted by molar-refractivity contribution is 7.99. The summed E-state index contributed by atoms with van der Waals surface area (Å²) in [6, 6.07) is 10.0. The molecule has 4 nitrogen and oxygen atoms in total. The fraction of sp³-hybridized carbons (Fsp3) is 0.333. The van der Waals surface area contributed by atoms with Crippen LogP contribution in [0, 0.1) is 6.92 Å². The van der Waals surface area contributed by atoms with Gasteiger partial charge in [-0.2, -0.15) is 5.10 Å². The molecule has 0 radical (unpaired) electrons. The number of carboxylic acids is 1. The summed E-state index contributed by atoms with van der Waals surface area (Å²) in [7, 11) is 0. The molecule has 1 aromatic heterocycles. The third-order valence-electron chi connectivity index (χ3n) is 2.82. The maximum absolute atomic E-state index is 10.8. The predicted molar refractivity (Wildman–Crippen MR) is 80.7 cm³/mol. The highest BCUT2D eigenvalue weighted by Crippen LogP contribution is 2.24. The molecule has 1 heterocycles. The van der Waals surface area contributed by atoms with Crippen LogP contribution in [0.3, 0.4) is 0 Å². The summed E-state index contributed by atoms with van der Waals surface area (Å²) in [6.45, 7) is 4.14. The molecule has 2 rings (SSSR count). The van der Waals surface area contributed by atoms with Crippen LogP contribution in [0.1, 0.15) is 24.6 Å². The third-order valence-corrected chi connectivity index (χ3v) is 3.80. The maximum Gasteiger partial charge on any atom is 0.313 e. The van der Waals surface area contributed by atoms with Gasteiger partial charge in [0.15, 0.2) is 0 Å². The van der Waals surface area contributed by atoms with Crippen molar-refractivity contribution >= 4 is 17.7 Å². The van der Waals surface area contributed by atoms with Gasteiger partial charge in [0, 0.05) is 0 Å². The van der Waals surface area contributed by atoms with Crippen LogP contribution in [0.15, 0.2) is 35.4 Å². The zero-order valence-corrected chi connectivity index (χ0v) is 12.5. The van der Waals surface area contributed by atoms with Crippen LogP contribution in [0.25, 0.3) is 5.69 Å². The van der Waals surface area contributed by atoms with E-state index in [2.05, 4.69) is 12.0 Å². The molecule has 0 aliphatic heterocycles. The van der Waals surface area contributed by atoms with Crippen LogP contribution in [-0.4, -0.2) is 26.6 Å². The second-order valence-electron chi connectivity index (χ2n) is 4.66. The van der Waals surface area contributed by atoms with Crippen molar-refractivity contribution in [3.63, 3.8) is 0 Å². The minimum absolute atomic E-state index is 0.0447. The standard InChI is InChI=1S/C15H18N2O2S/c1-3-5-12-9-14(20-10-15(18)19)17(16-12)13-7-4-6-11(2)8-13/h4,6-9H,3,5,10H2,1-2H3,(H,18,19). The van der Waals surface area contributed by atoms with E-state index in [0.717, 1.165) is 34.8 Å². The number of benzene rings is 1. The molecule has 0 bridgehead atoms. The Kier molecular flexibility index (Phi) is 4.84. The highest BCUT2D eigenvalue weighted by Gasteiger charge is 2.11. The molecule has 20 heavy (non-hydrogen) atoms. The van der Waals surface area contributed by atoms with Gasteiger partial charge in [-0.25, -0.2) is 4.68 Å². The van der Waals surface area contributed by atoms with Gasteiger partial charge in [0.2, 0.25) is 0 Å². The number of nitrogens with zero attached hydrogens (tertiary/aromatic N) is 2. The smallest absolute Gasteiger partial charge is 0.313 e. The first-order chi connectivity index (χ1) is 9.60. The number of aliphatic carboxylic acids is 1. The Morgan fingerprint density at radius 2 is 2.20 bits per heavy atom. The summed E-state index contributed by atoms with van der Waals surface area (Å²) < 4.78 is 1.84. The first kappa shape index (κ1) is 14.7. The fourth-order valence-electron chi connectivity index (χ4n) is 1.97.